The SMILES string of the molecule is Cc1ccc(C)c2c1C=C[C]2C[C]1C=Cc2c(C)ccc(C)c21. The van der Waals surface area contributed by atoms with E-state index in [-0.39, 0.29) is 0 Å². The zero-order valence-electron chi connectivity index (χ0n) is 14.3. The van der Waals surface area contributed by atoms with Crippen LogP contribution >= 0.6 is 0 Å². The molecule has 0 heterocycles. The van der Waals surface area contributed by atoms with E-state index in [0.717, 1.165) is 6.42 Å². The van der Waals surface area contributed by atoms with Gasteiger partial charge in [-0.1, -0.05) is 48.6 Å². The third-order valence-electron chi connectivity index (χ3n) is 5.27. The van der Waals surface area contributed by atoms with E-state index < -0.39 is 0 Å². The quantitative estimate of drug-likeness (QED) is 0.646. The van der Waals surface area contributed by atoms with Gasteiger partial charge in [-0.25, -0.2) is 0 Å². The second-order valence-corrected chi connectivity index (χ2v) is 6.87. The average Bonchev–Trinajstić information content (AvgIpc) is 3.14. The molecule has 0 saturated carbocycles. The van der Waals surface area contributed by atoms with Gasteiger partial charge in [0, 0.05) is 11.8 Å². The zero-order chi connectivity index (χ0) is 16.1. The Balaban J connectivity index is 1.70. The summed E-state index contributed by atoms with van der Waals surface area (Å²) in [4.78, 5) is 0. The summed E-state index contributed by atoms with van der Waals surface area (Å²) >= 11 is 0. The summed E-state index contributed by atoms with van der Waals surface area (Å²) in [6.07, 6.45) is 10.2. The van der Waals surface area contributed by atoms with Gasteiger partial charge < -0.3 is 0 Å². The van der Waals surface area contributed by atoms with Crippen LogP contribution in [0.1, 0.15) is 50.9 Å². The Labute approximate surface area is 139 Å². The van der Waals surface area contributed by atoms with Gasteiger partial charge in [-0.2, -0.15) is 0 Å². The second-order valence-electron chi connectivity index (χ2n) is 6.87. The summed E-state index contributed by atoms with van der Waals surface area (Å²) in [6, 6.07) is 8.96. The van der Waals surface area contributed by atoms with Gasteiger partial charge in [0.25, 0.3) is 0 Å². The maximum absolute atomic E-state index is 2.31. The van der Waals surface area contributed by atoms with E-state index >= 15 is 0 Å². The summed E-state index contributed by atoms with van der Waals surface area (Å²) in [5.74, 6) is 2.91. The van der Waals surface area contributed by atoms with Crippen molar-refractivity contribution in [3.63, 3.8) is 0 Å². The van der Waals surface area contributed by atoms with Crippen LogP contribution in [0.2, 0.25) is 0 Å². The van der Waals surface area contributed by atoms with Gasteiger partial charge in [-0.05, 0) is 78.6 Å². The summed E-state index contributed by atoms with van der Waals surface area (Å²) < 4.78 is 0. The topological polar surface area (TPSA) is 0 Å². The van der Waals surface area contributed by atoms with E-state index in [2.05, 4.69) is 76.3 Å². The fourth-order valence-corrected chi connectivity index (χ4v) is 3.98. The molecule has 0 fully saturated rings. The summed E-state index contributed by atoms with van der Waals surface area (Å²) in [6.45, 7) is 8.86. The lowest BCUT2D eigenvalue weighted by molar-refractivity contribution is 0.974. The molecular weight excluding hydrogens is 276 g/mol. The Morgan fingerprint density at radius 2 is 0.913 bits per heavy atom. The molecule has 2 aromatic rings. The number of hydrogen-bond acceptors (Lipinski definition) is 0. The van der Waals surface area contributed by atoms with Gasteiger partial charge in [-0.3, -0.25) is 0 Å². The molecule has 2 aliphatic carbocycles. The molecule has 0 atom stereocenters. The average molecular weight is 298 g/mol. The van der Waals surface area contributed by atoms with Crippen molar-refractivity contribution in [2.24, 2.45) is 0 Å². The highest BCUT2D eigenvalue weighted by molar-refractivity contribution is 5.77. The van der Waals surface area contributed by atoms with Crippen molar-refractivity contribution in [2.75, 3.05) is 0 Å². The molecule has 0 heteroatoms. The molecule has 0 spiro atoms. The molecule has 2 radical (unpaired) electrons. The highest BCUT2D eigenvalue weighted by Crippen LogP contribution is 2.43. The Kier molecular flexibility index (Phi) is 3.30. The number of rotatable bonds is 2. The van der Waals surface area contributed by atoms with Crippen molar-refractivity contribution in [1.82, 2.24) is 0 Å². The van der Waals surface area contributed by atoms with Crippen LogP contribution in [0.25, 0.3) is 12.2 Å². The summed E-state index contributed by atoms with van der Waals surface area (Å²) in [7, 11) is 0. The molecule has 0 nitrogen and oxygen atoms in total. The van der Waals surface area contributed by atoms with Crippen LogP contribution in [-0.4, -0.2) is 0 Å². The van der Waals surface area contributed by atoms with Crippen molar-refractivity contribution >= 4 is 12.2 Å². The first-order valence-electron chi connectivity index (χ1n) is 8.35. The number of allylic oxidation sites excluding steroid dienone is 2. The first-order chi connectivity index (χ1) is 11.1. The molecule has 0 bridgehead atoms. The summed E-state index contributed by atoms with van der Waals surface area (Å²) in [5, 5.41) is 0. The molecular formula is C23H22. The number of fused-ring (bicyclic) bond motifs is 2. The molecule has 0 N–H and O–H groups in total. The molecule has 0 saturated heterocycles. The first-order valence-corrected chi connectivity index (χ1v) is 8.35. The molecule has 114 valence electrons. The maximum atomic E-state index is 2.31. The molecule has 23 heavy (non-hydrogen) atoms. The van der Waals surface area contributed by atoms with Crippen molar-refractivity contribution < 1.29 is 0 Å². The van der Waals surface area contributed by atoms with Crippen LogP contribution in [0.5, 0.6) is 0 Å². The molecule has 4 rings (SSSR count). The van der Waals surface area contributed by atoms with Gasteiger partial charge in [-0.15, -0.1) is 0 Å². The maximum Gasteiger partial charge on any atom is 0.0288 e. The van der Waals surface area contributed by atoms with E-state index in [1.54, 1.807) is 0 Å². The van der Waals surface area contributed by atoms with Crippen LogP contribution in [0.4, 0.5) is 0 Å². The summed E-state index contributed by atoms with van der Waals surface area (Å²) in [5.41, 5.74) is 11.2. The largest absolute Gasteiger partial charge is 0.0721 e. The lowest BCUT2D eigenvalue weighted by atomic mass is 9.83. The minimum absolute atomic E-state index is 1.02. The molecule has 2 aliphatic rings. The Morgan fingerprint density at radius 3 is 1.35 bits per heavy atom. The molecule has 2 aromatic carbocycles. The van der Waals surface area contributed by atoms with Gasteiger partial charge in [0.2, 0.25) is 0 Å². The minimum Gasteiger partial charge on any atom is -0.0721 e. The molecule has 0 unspecified atom stereocenters. The van der Waals surface area contributed by atoms with E-state index in [1.165, 1.54) is 56.3 Å². The lowest BCUT2D eigenvalue weighted by Gasteiger charge is -2.20. The minimum atomic E-state index is 1.02. The van der Waals surface area contributed by atoms with Crippen LogP contribution in [-0.2, 0) is 0 Å². The molecule has 0 aliphatic heterocycles. The predicted molar refractivity (Wildman–Crippen MR) is 99.2 cm³/mol. The number of aryl methyl sites for hydroxylation is 4. The number of hydrogen-bond donors (Lipinski definition) is 0. The van der Waals surface area contributed by atoms with Crippen molar-refractivity contribution in [3.05, 3.63) is 92.8 Å². The Morgan fingerprint density at radius 1 is 0.522 bits per heavy atom. The van der Waals surface area contributed by atoms with Crippen LogP contribution < -0.4 is 0 Å². The highest BCUT2D eigenvalue weighted by Gasteiger charge is 2.28. The molecule has 0 aromatic heterocycles. The van der Waals surface area contributed by atoms with E-state index in [0.29, 0.717) is 0 Å². The van der Waals surface area contributed by atoms with E-state index in [1.807, 2.05) is 0 Å². The van der Waals surface area contributed by atoms with Crippen molar-refractivity contribution in [2.45, 2.75) is 34.1 Å². The molecule has 0 amide bonds. The zero-order valence-corrected chi connectivity index (χ0v) is 14.3. The highest BCUT2D eigenvalue weighted by atomic mass is 14.3. The fraction of sp³-hybridized carbons (Fsp3) is 0.217. The smallest absolute Gasteiger partial charge is 0.0288 e. The van der Waals surface area contributed by atoms with E-state index in [4.69, 9.17) is 0 Å². The standard InChI is InChI=1S/C23H22/c1-14-5-7-16(3)22-18(9-11-20(14)22)13-19-10-12-21-15(2)6-8-17(4)23(19)21/h5-12H,13H2,1-4H3. The third kappa shape index (κ3) is 2.20. The van der Waals surface area contributed by atoms with Gasteiger partial charge in [0.05, 0.1) is 0 Å². The van der Waals surface area contributed by atoms with Gasteiger partial charge in [0.15, 0.2) is 0 Å². The first kappa shape index (κ1) is 14.5. The Bertz CT molecular complexity index is 777. The third-order valence-corrected chi connectivity index (χ3v) is 5.27. The van der Waals surface area contributed by atoms with Gasteiger partial charge >= 0.3 is 0 Å². The Hall–Kier alpha value is -2.08. The lowest BCUT2D eigenvalue weighted by Crippen LogP contribution is -2.06. The second kappa shape index (κ2) is 5.23. The normalized spacial score (nSPS) is 16.2. The predicted octanol–water partition coefficient (Wildman–Crippen LogP) is 5.91. The van der Waals surface area contributed by atoms with Gasteiger partial charge in [0.1, 0.15) is 0 Å². The van der Waals surface area contributed by atoms with E-state index in [9.17, 15) is 0 Å². The monoisotopic (exact) mass is 298 g/mol. The van der Waals surface area contributed by atoms with Crippen LogP contribution in [0.15, 0.2) is 36.4 Å². The van der Waals surface area contributed by atoms with Crippen LogP contribution in [0.3, 0.4) is 0 Å². The van der Waals surface area contributed by atoms with Crippen molar-refractivity contribution in [3.8, 4) is 0 Å². The fourth-order valence-electron chi connectivity index (χ4n) is 3.98. The van der Waals surface area contributed by atoms with Crippen LogP contribution in [0, 0.1) is 39.5 Å². The number of benzene rings is 2. The van der Waals surface area contributed by atoms with Crippen molar-refractivity contribution in [1.29, 1.82) is 0 Å².